The van der Waals surface area contributed by atoms with Crippen LogP contribution < -0.4 is 10.6 Å². The molecule has 2 saturated heterocycles. The van der Waals surface area contributed by atoms with E-state index < -0.39 is 17.4 Å². The largest absolute Gasteiger partial charge is 0.383 e. The predicted octanol–water partition coefficient (Wildman–Crippen LogP) is 0.709. The van der Waals surface area contributed by atoms with E-state index in [9.17, 15) is 14.4 Å². The lowest BCUT2D eigenvalue weighted by atomic mass is 9.76. The number of hydrogen-bond acceptors (Lipinski definition) is 5. The van der Waals surface area contributed by atoms with Gasteiger partial charge in [0.05, 0.1) is 25.0 Å². The molecule has 7 nitrogen and oxygen atoms in total. The highest BCUT2D eigenvalue weighted by molar-refractivity contribution is 6.15. The molecule has 1 aromatic rings. The number of amides is 3. The first-order chi connectivity index (χ1) is 12.4. The summed E-state index contributed by atoms with van der Waals surface area (Å²) in [5.74, 6) is -1.94. The van der Waals surface area contributed by atoms with Crippen LogP contribution in [0.5, 0.6) is 0 Å². The van der Waals surface area contributed by atoms with Gasteiger partial charge < -0.3 is 10.1 Å². The third kappa shape index (κ3) is 2.04. The summed E-state index contributed by atoms with van der Waals surface area (Å²) in [5, 5.41) is 6.29. The Labute approximate surface area is 152 Å². The third-order valence-electron chi connectivity index (χ3n) is 5.89. The van der Waals surface area contributed by atoms with Crippen molar-refractivity contribution in [2.24, 2.45) is 17.8 Å². The smallest absolute Gasteiger partial charge is 0.250 e. The second-order valence-corrected chi connectivity index (χ2v) is 7.55. The molecule has 0 aromatic heterocycles. The number of hydrogen-bond donors (Lipinski definition) is 2. The molecule has 0 aliphatic carbocycles. The lowest BCUT2D eigenvalue weighted by molar-refractivity contribution is -0.143. The summed E-state index contributed by atoms with van der Waals surface area (Å²) in [4.78, 5) is 40.6. The Morgan fingerprint density at radius 2 is 1.92 bits per heavy atom. The number of nitrogens with one attached hydrogen (secondary N) is 2. The van der Waals surface area contributed by atoms with E-state index in [-0.39, 0.29) is 42.8 Å². The quantitative estimate of drug-likeness (QED) is 0.775. The molecule has 3 amide bonds. The fraction of sp³-hybridized carbons (Fsp3) is 0.526. The van der Waals surface area contributed by atoms with Crippen LogP contribution in [0, 0.1) is 17.8 Å². The number of methoxy groups -OCH3 is 1. The maximum Gasteiger partial charge on any atom is 0.250 e. The van der Waals surface area contributed by atoms with Crippen molar-refractivity contribution in [2.45, 2.75) is 25.4 Å². The maximum atomic E-state index is 13.2. The Morgan fingerprint density at radius 1 is 1.19 bits per heavy atom. The number of carbonyl (C=O) groups excluding carboxylic acids is 3. The minimum absolute atomic E-state index is 0.0987. The number of para-hydroxylation sites is 1. The van der Waals surface area contributed by atoms with Crippen molar-refractivity contribution in [3.63, 3.8) is 0 Å². The van der Waals surface area contributed by atoms with Gasteiger partial charge in [0.25, 0.3) is 0 Å². The van der Waals surface area contributed by atoms with Crippen molar-refractivity contribution < 1.29 is 19.1 Å². The highest BCUT2D eigenvalue weighted by Crippen LogP contribution is 2.53. The Balaban J connectivity index is 1.85. The van der Waals surface area contributed by atoms with Gasteiger partial charge in [0.2, 0.25) is 17.7 Å². The van der Waals surface area contributed by atoms with Crippen LogP contribution >= 0.6 is 0 Å². The molecular formula is C19H23N3O4. The third-order valence-corrected chi connectivity index (χ3v) is 5.89. The van der Waals surface area contributed by atoms with E-state index in [0.29, 0.717) is 5.69 Å². The zero-order valence-corrected chi connectivity index (χ0v) is 15.1. The fourth-order valence-electron chi connectivity index (χ4n) is 4.73. The number of likely N-dealkylation sites (tertiary alicyclic amines) is 1. The molecule has 3 aliphatic rings. The van der Waals surface area contributed by atoms with Crippen LogP contribution in [0.3, 0.4) is 0 Å². The van der Waals surface area contributed by atoms with E-state index in [1.165, 1.54) is 12.0 Å². The van der Waals surface area contributed by atoms with Crippen molar-refractivity contribution in [3.8, 4) is 0 Å². The maximum absolute atomic E-state index is 13.2. The van der Waals surface area contributed by atoms with Gasteiger partial charge in [0.15, 0.2) is 0 Å². The first-order valence-electron chi connectivity index (χ1n) is 8.96. The molecule has 1 aromatic carbocycles. The summed E-state index contributed by atoms with van der Waals surface area (Å²) in [6, 6.07) is 7.13. The Hall–Kier alpha value is -2.25. The minimum Gasteiger partial charge on any atom is -0.383 e. The van der Waals surface area contributed by atoms with Crippen LogP contribution in [0.15, 0.2) is 24.3 Å². The number of rotatable bonds is 4. The van der Waals surface area contributed by atoms with Gasteiger partial charge in [-0.25, -0.2) is 0 Å². The monoisotopic (exact) mass is 357 g/mol. The summed E-state index contributed by atoms with van der Waals surface area (Å²) in [7, 11) is 1.53. The molecule has 2 fully saturated rings. The molecule has 2 N–H and O–H groups in total. The van der Waals surface area contributed by atoms with Crippen LogP contribution in [-0.2, 0) is 24.7 Å². The van der Waals surface area contributed by atoms with Gasteiger partial charge in [-0.2, -0.15) is 0 Å². The fourth-order valence-corrected chi connectivity index (χ4v) is 4.73. The van der Waals surface area contributed by atoms with Gasteiger partial charge in [0.1, 0.15) is 5.54 Å². The second-order valence-electron chi connectivity index (χ2n) is 7.55. The van der Waals surface area contributed by atoms with E-state index in [0.717, 1.165) is 5.56 Å². The van der Waals surface area contributed by atoms with Gasteiger partial charge >= 0.3 is 0 Å². The molecule has 3 aliphatic heterocycles. The Morgan fingerprint density at radius 3 is 2.62 bits per heavy atom. The number of ether oxygens (including phenoxy) is 1. The normalized spacial score (nSPS) is 32.5. The number of nitrogens with zero attached hydrogens (tertiary/aromatic N) is 1. The Kier molecular flexibility index (Phi) is 3.89. The van der Waals surface area contributed by atoms with Crippen LogP contribution in [-0.4, -0.2) is 48.9 Å². The number of anilines is 1. The van der Waals surface area contributed by atoms with Crippen LogP contribution in [0.2, 0.25) is 0 Å². The van der Waals surface area contributed by atoms with Crippen LogP contribution in [0.4, 0.5) is 5.69 Å². The summed E-state index contributed by atoms with van der Waals surface area (Å²) in [6.45, 7) is 4.50. The van der Waals surface area contributed by atoms with Crippen molar-refractivity contribution >= 4 is 23.4 Å². The first kappa shape index (κ1) is 17.2. The first-order valence-corrected chi connectivity index (χ1v) is 8.96. The predicted molar refractivity (Wildman–Crippen MR) is 94.1 cm³/mol. The number of fused-ring (bicyclic) bond motifs is 4. The molecule has 0 radical (unpaired) electrons. The summed E-state index contributed by atoms with van der Waals surface area (Å²) < 4.78 is 5.05. The molecule has 7 heteroatoms. The molecule has 4 atom stereocenters. The zero-order chi connectivity index (χ0) is 18.6. The SMILES string of the molecule is COCCN1C(=O)[C@@H]2[C@@H](C(C)C)N[C@@]3(C(=O)Nc4ccccc43)[C@@H]2C1=O. The molecule has 1 spiro atoms. The second kappa shape index (κ2) is 5.89. The van der Waals surface area contributed by atoms with Crippen molar-refractivity contribution in [2.75, 3.05) is 25.6 Å². The lowest BCUT2D eigenvalue weighted by Gasteiger charge is -2.30. The zero-order valence-electron chi connectivity index (χ0n) is 15.1. The summed E-state index contributed by atoms with van der Waals surface area (Å²) in [5.41, 5.74) is 0.256. The molecule has 0 bridgehead atoms. The Bertz CT molecular complexity index is 793. The van der Waals surface area contributed by atoms with E-state index in [2.05, 4.69) is 10.6 Å². The molecule has 0 saturated carbocycles. The molecule has 4 rings (SSSR count). The van der Waals surface area contributed by atoms with Crippen LogP contribution in [0.25, 0.3) is 0 Å². The summed E-state index contributed by atoms with van der Waals surface area (Å²) >= 11 is 0. The molecule has 3 heterocycles. The highest BCUT2D eigenvalue weighted by Gasteiger charge is 2.70. The number of carbonyl (C=O) groups is 3. The average Bonchev–Trinajstić information content (AvgIpc) is 3.20. The van der Waals surface area contributed by atoms with Gasteiger partial charge in [-0.3, -0.25) is 24.6 Å². The number of benzene rings is 1. The molecule has 138 valence electrons. The van der Waals surface area contributed by atoms with Crippen molar-refractivity contribution in [3.05, 3.63) is 29.8 Å². The molecular weight excluding hydrogens is 334 g/mol. The van der Waals surface area contributed by atoms with Crippen LogP contribution in [0.1, 0.15) is 19.4 Å². The number of imide groups is 1. The average molecular weight is 357 g/mol. The standard InChI is InChI=1S/C19H23N3O4/c1-10(2)15-13-14(17(24)22(16(13)23)8-9-26-3)19(21-15)11-6-4-5-7-12(11)20-18(19)25/h4-7,10,13-15,21H,8-9H2,1-3H3,(H,20,25)/t13-,14-,15+,19+/m0/s1. The van der Waals surface area contributed by atoms with E-state index in [1.54, 1.807) is 0 Å². The summed E-state index contributed by atoms with van der Waals surface area (Å²) in [6.07, 6.45) is 0. The van der Waals surface area contributed by atoms with Gasteiger partial charge in [-0.15, -0.1) is 0 Å². The van der Waals surface area contributed by atoms with Gasteiger partial charge in [-0.05, 0) is 12.0 Å². The van der Waals surface area contributed by atoms with E-state index in [4.69, 9.17) is 4.74 Å². The van der Waals surface area contributed by atoms with Crippen molar-refractivity contribution in [1.29, 1.82) is 0 Å². The minimum atomic E-state index is -1.19. The van der Waals surface area contributed by atoms with E-state index in [1.807, 2.05) is 38.1 Å². The highest BCUT2D eigenvalue weighted by atomic mass is 16.5. The van der Waals surface area contributed by atoms with Crippen molar-refractivity contribution in [1.82, 2.24) is 10.2 Å². The van der Waals surface area contributed by atoms with E-state index >= 15 is 0 Å². The molecule has 26 heavy (non-hydrogen) atoms. The van der Waals surface area contributed by atoms with Gasteiger partial charge in [0, 0.05) is 24.4 Å². The lowest BCUT2D eigenvalue weighted by Crippen LogP contribution is -2.54. The topological polar surface area (TPSA) is 87.7 Å². The van der Waals surface area contributed by atoms with Gasteiger partial charge in [-0.1, -0.05) is 32.0 Å². The molecule has 0 unspecified atom stereocenters.